The van der Waals surface area contributed by atoms with Gasteiger partial charge in [0.2, 0.25) is 5.89 Å². The van der Waals surface area contributed by atoms with E-state index in [4.69, 9.17) is 10.2 Å². The summed E-state index contributed by atoms with van der Waals surface area (Å²) < 4.78 is 5.31. The van der Waals surface area contributed by atoms with Gasteiger partial charge in [-0.05, 0) is 13.8 Å². The Morgan fingerprint density at radius 2 is 2.25 bits per heavy atom. The lowest BCUT2D eigenvalue weighted by Gasteiger charge is -2.28. The summed E-state index contributed by atoms with van der Waals surface area (Å²) in [6, 6.07) is 0. The zero-order chi connectivity index (χ0) is 14.1. The predicted molar refractivity (Wildman–Crippen MR) is 74.5 cm³/mol. The van der Waals surface area contributed by atoms with Crippen molar-refractivity contribution in [3.05, 3.63) is 41.8 Å². The number of oxazole rings is 1. The second-order valence-corrected chi connectivity index (χ2v) is 4.74. The summed E-state index contributed by atoms with van der Waals surface area (Å²) >= 11 is 0. The van der Waals surface area contributed by atoms with Crippen LogP contribution in [0.15, 0.2) is 33.8 Å². The van der Waals surface area contributed by atoms with Crippen LogP contribution in [0.25, 0.3) is 5.70 Å². The lowest BCUT2D eigenvalue weighted by atomic mass is 10.2. The van der Waals surface area contributed by atoms with Crippen molar-refractivity contribution in [2.75, 3.05) is 6.54 Å². The van der Waals surface area contributed by atoms with Gasteiger partial charge in [-0.25, -0.2) is 15.0 Å². The minimum absolute atomic E-state index is 0.478. The Labute approximate surface area is 116 Å². The van der Waals surface area contributed by atoms with Crippen molar-refractivity contribution in [3.63, 3.8) is 0 Å². The molecule has 7 nitrogen and oxygen atoms in total. The topological polar surface area (TPSA) is 96.3 Å². The highest BCUT2D eigenvalue weighted by Gasteiger charge is 2.22. The van der Waals surface area contributed by atoms with Crippen LogP contribution in [-0.4, -0.2) is 32.2 Å². The number of nitrogens with one attached hydrogen (secondary N) is 1. The highest BCUT2D eigenvalue weighted by molar-refractivity contribution is 5.90. The molecular weight excluding hydrogens is 256 g/mol. The van der Waals surface area contributed by atoms with Gasteiger partial charge >= 0.3 is 0 Å². The van der Waals surface area contributed by atoms with Crippen LogP contribution in [0.1, 0.15) is 24.3 Å². The SMILES string of the molecule is CC1=C(c2ncco2)N=C(N)CN1Cc1ncc(C)[nH]1. The van der Waals surface area contributed by atoms with Crippen molar-refractivity contribution in [1.82, 2.24) is 19.9 Å². The maximum absolute atomic E-state index is 5.92. The lowest BCUT2D eigenvalue weighted by Crippen LogP contribution is -2.36. The summed E-state index contributed by atoms with van der Waals surface area (Å²) in [5.41, 5.74) is 8.59. The molecule has 3 heterocycles. The molecule has 0 radical (unpaired) electrons. The quantitative estimate of drug-likeness (QED) is 0.877. The first-order chi connectivity index (χ1) is 9.63. The van der Waals surface area contributed by atoms with Crippen LogP contribution in [0.4, 0.5) is 0 Å². The number of rotatable bonds is 3. The number of hydrogen-bond donors (Lipinski definition) is 2. The number of H-pyrrole nitrogens is 1. The van der Waals surface area contributed by atoms with Gasteiger partial charge in [0.25, 0.3) is 0 Å². The molecule has 0 bridgehead atoms. The van der Waals surface area contributed by atoms with Crippen molar-refractivity contribution in [3.8, 4) is 0 Å². The first-order valence-corrected chi connectivity index (χ1v) is 6.32. The molecule has 2 aromatic heterocycles. The number of amidine groups is 1. The van der Waals surface area contributed by atoms with Crippen molar-refractivity contribution in [2.45, 2.75) is 20.4 Å². The normalized spacial score (nSPS) is 15.7. The van der Waals surface area contributed by atoms with Crippen LogP contribution in [0.5, 0.6) is 0 Å². The molecule has 0 saturated heterocycles. The fourth-order valence-corrected chi connectivity index (χ4v) is 2.17. The lowest BCUT2D eigenvalue weighted by molar-refractivity contribution is 0.368. The second kappa shape index (κ2) is 4.84. The van der Waals surface area contributed by atoms with E-state index in [9.17, 15) is 0 Å². The highest BCUT2D eigenvalue weighted by Crippen LogP contribution is 2.25. The molecule has 0 saturated carbocycles. The smallest absolute Gasteiger partial charge is 0.246 e. The summed E-state index contributed by atoms with van der Waals surface area (Å²) in [7, 11) is 0. The number of aryl methyl sites for hydroxylation is 1. The third-order valence-electron chi connectivity index (χ3n) is 3.16. The number of nitrogens with zero attached hydrogens (tertiary/aromatic N) is 4. The van der Waals surface area contributed by atoms with E-state index in [1.807, 2.05) is 20.0 Å². The van der Waals surface area contributed by atoms with E-state index in [-0.39, 0.29) is 0 Å². The van der Waals surface area contributed by atoms with Gasteiger partial charge in [-0.1, -0.05) is 0 Å². The van der Waals surface area contributed by atoms with Gasteiger partial charge in [0.1, 0.15) is 23.6 Å². The molecule has 0 fully saturated rings. The van der Waals surface area contributed by atoms with E-state index in [0.717, 1.165) is 17.2 Å². The van der Waals surface area contributed by atoms with Crippen molar-refractivity contribution >= 4 is 11.5 Å². The summed E-state index contributed by atoms with van der Waals surface area (Å²) in [6.45, 7) is 5.16. The Balaban J connectivity index is 1.91. The molecule has 0 aliphatic carbocycles. The molecule has 0 unspecified atom stereocenters. The predicted octanol–water partition coefficient (Wildman–Crippen LogP) is 1.27. The van der Waals surface area contributed by atoms with Crippen molar-refractivity contribution in [2.24, 2.45) is 10.7 Å². The number of nitrogens with two attached hydrogens (primary N) is 1. The van der Waals surface area contributed by atoms with Crippen molar-refractivity contribution < 1.29 is 4.42 Å². The van der Waals surface area contributed by atoms with E-state index < -0.39 is 0 Å². The maximum Gasteiger partial charge on any atom is 0.246 e. The van der Waals surface area contributed by atoms with Crippen molar-refractivity contribution in [1.29, 1.82) is 0 Å². The van der Waals surface area contributed by atoms with Gasteiger partial charge in [0.15, 0.2) is 0 Å². The first kappa shape index (κ1) is 12.5. The largest absolute Gasteiger partial charge is 0.443 e. The number of aliphatic imine (C=N–C) groups is 1. The fraction of sp³-hybridized carbons (Fsp3) is 0.308. The molecule has 1 aliphatic rings. The van der Waals surface area contributed by atoms with Crippen LogP contribution in [0, 0.1) is 6.92 Å². The van der Waals surface area contributed by atoms with Gasteiger partial charge in [-0.3, -0.25) is 0 Å². The Morgan fingerprint density at radius 3 is 2.90 bits per heavy atom. The Hall–Kier alpha value is -2.57. The Kier molecular flexibility index (Phi) is 3.02. The van der Waals surface area contributed by atoms with Gasteiger partial charge in [0.05, 0.1) is 19.3 Å². The molecule has 0 aromatic carbocycles. The van der Waals surface area contributed by atoms with Gasteiger partial charge < -0.3 is 20.0 Å². The summed E-state index contributed by atoms with van der Waals surface area (Å²) in [5, 5.41) is 0. The van der Waals surface area contributed by atoms with Gasteiger partial charge in [-0.15, -0.1) is 0 Å². The number of allylic oxidation sites excluding steroid dienone is 1. The third kappa shape index (κ3) is 2.29. The molecule has 0 spiro atoms. The second-order valence-electron chi connectivity index (χ2n) is 4.74. The van der Waals surface area contributed by atoms with Gasteiger partial charge in [-0.2, -0.15) is 0 Å². The Bertz CT molecular complexity index is 667. The molecular formula is C13H16N6O. The molecule has 104 valence electrons. The van der Waals surface area contributed by atoms with E-state index in [0.29, 0.717) is 30.5 Å². The number of aromatic amines is 1. The number of aromatic nitrogens is 3. The molecule has 20 heavy (non-hydrogen) atoms. The number of hydrogen-bond acceptors (Lipinski definition) is 6. The molecule has 1 aliphatic heterocycles. The third-order valence-corrected chi connectivity index (χ3v) is 3.16. The fourth-order valence-electron chi connectivity index (χ4n) is 2.17. The molecule has 0 atom stereocenters. The average molecular weight is 272 g/mol. The zero-order valence-electron chi connectivity index (χ0n) is 11.4. The monoisotopic (exact) mass is 272 g/mol. The summed E-state index contributed by atoms with van der Waals surface area (Å²) in [4.78, 5) is 18.1. The van der Waals surface area contributed by atoms with E-state index >= 15 is 0 Å². The molecule has 7 heteroatoms. The molecule has 0 amide bonds. The van der Waals surface area contributed by atoms with Crippen LogP contribution in [0.2, 0.25) is 0 Å². The minimum atomic E-state index is 0.478. The summed E-state index contributed by atoms with van der Waals surface area (Å²) in [5.74, 6) is 1.90. The maximum atomic E-state index is 5.92. The van der Waals surface area contributed by atoms with Crippen LogP contribution in [0.3, 0.4) is 0 Å². The van der Waals surface area contributed by atoms with Gasteiger partial charge in [0, 0.05) is 17.6 Å². The minimum Gasteiger partial charge on any atom is -0.443 e. The highest BCUT2D eigenvalue weighted by atomic mass is 16.3. The zero-order valence-corrected chi connectivity index (χ0v) is 11.4. The number of imidazole rings is 1. The summed E-state index contributed by atoms with van der Waals surface area (Å²) in [6.07, 6.45) is 4.93. The molecule has 3 rings (SSSR count). The first-order valence-electron chi connectivity index (χ1n) is 6.32. The van der Waals surface area contributed by atoms with E-state index in [1.54, 1.807) is 6.20 Å². The van der Waals surface area contributed by atoms with Crippen LogP contribution in [-0.2, 0) is 6.54 Å². The van der Waals surface area contributed by atoms with Crippen LogP contribution < -0.4 is 5.73 Å². The average Bonchev–Trinajstić information content (AvgIpc) is 3.05. The van der Waals surface area contributed by atoms with E-state index in [1.165, 1.54) is 6.26 Å². The Morgan fingerprint density at radius 1 is 1.40 bits per heavy atom. The standard InChI is InChI=1S/C13H16N6O/c1-8-5-16-11(17-8)7-19-6-10(14)18-12(9(19)2)13-15-3-4-20-13/h3-5H,6-7H2,1-2H3,(H2,14,18)(H,16,17). The van der Waals surface area contributed by atoms with Crippen LogP contribution >= 0.6 is 0 Å². The molecule has 3 N–H and O–H groups in total. The molecule has 2 aromatic rings. The van der Waals surface area contributed by atoms with E-state index in [2.05, 4.69) is 24.8 Å².